The Kier molecular flexibility index (Phi) is 9.14. The lowest BCUT2D eigenvalue weighted by molar-refractivity contribution is 0.0646. The van der Waals surface area contributed by atoms with Gasteiger partial charge in [-0.1, -0.05) is 37.3 Å². The number of rotatable bonds is 10. The summed E-state index contributed by atoms with van der Waals surface area (Å²) in [5.41, 5.74) is 1.21. The minimum atomic E-state index is 0.125. The number of aryl methyl sites for hydroxylation is 1. The molecule has 0 fully saturated rings. The summed E-state index contributed by atoms with van der Waals surface area (Å²) in [4.78, 5) is 10.0. The average molecular weight is 375 g/mol. The highest BCUT2D eigenvalue weighted by atomic mass is 32.1. The number of aliphatic imine (C=N–C) groups is 1. The third-order valence-electron chi connectivity index (χ3n) is 4.06. The van der Waals surface area contributed by atoms with Gasteiger partial charge in [0.05, 0.1) is 11.1 Å². The van der Waals surface area contributed by atoms with Gasteiger partial charge in [0.15, 0.2) is 5.96 Å². The molecule has 0 spiro atoms. The molecule has 1 unspecified atom stereocenters. The molecule has 5 nitrogen and oxygen atoms in total. The lowest BCUT2D eigenvalue weighted by atomic mass is 10.1. The molecule has 0 saturated heterocycles. The number of thiazole rings is 1. The molecule has 2 N–H and O–H groups in total. The van der Waals surface area contributed by atoms with Gasteiger partial charge < -0.3 is 15.4 Å². The molecule has 2 rings (SSSR count). The van der Waals surface area contributed by atoms with Gasteiger partial charge in [0, 0.05) is 44.2 Å². The molecule has 0 radical (unpaired) electrons. The van der Waals surface area contributed by atoms with Gasteiger partial charge in [0.2, 0.25) is 0 Å². The second kappa shape index (κ2) is 11.6. The maximum atomic E-state index is 5.89. The number of guanidine groups is 1. The Morgan fingerprint density at radius 2 is 2.00 bits per heavy atom. The highest BCUT2D eigenvalue weighted by Crippen LogP contribution is 2.15. The summed E-state index contributed by atoms with van der Waals surface area (Å²) in [7, 11) is 1.79. The molecule has 1 aromatic carbocycles. The summed E-state index contributed by atoms with van der Waals surface area (Å²) in [6.45, 7) is 6.63. The predicted octanol–water partition coefficient (Wildman–Crippen LogP) is 3.58. The Morgan fingerprint density at radius 3 is 2.69 bits per heavy atom. The van der Waals surface area contributed by atoms with Gasteiger partial charge in [-0.25, -0.2) is 4.98 Å². The Morgan fingerprint density at radius 1 is 1.23 bits per heavy atom. The summed E-state index contributed by atoms with van der Waals surface area (Å²) in [5.74, 6) is 0.827. The smallest absolute Gasteiger partial charge is 0.190 e. The molecule has 26 heavy (non-hydrogen) atoms. The zero-order chi connectivity index (χ0) is 18.6. The molecule has 0 saturated carbocycles. The number of hydrogen-bond acceptors (Lipinski definition) is 4. The first-order chi connectivity index (χ1) is 12.7. The van der Waals surface area contributed by atoms with Crippen LogP contribution in [0.25, 0.3) is 0 Å². The van der Waals surface area contributed by atoms with Gasteiger partial charge in [-0.15, -0.1) is 11.3 Å². The first kappa shape index (κ1) is 20.4. The van der Waals surface area contributed by atoms with Crippen LogP contribution in [-0.2, 0) is 17.6 Å². The van der Waals surface area contributed by atoms with Crippen LogP contribution in [0.3, 0.4) is 0 Å². The van der Waals surface area contributed by atoms with Crippen molar-refractivity contribution in [2.45, 2.75) is 39.2 Å². The highest BCUT2D eigenvalue weighted by molar-refractivity contribution is 7.11. The number of hydrogen-bond donors (Lipinski definition) is 2. The Labute approximate surface area is 160 Å². The molecule has 6 heteroatoms. The van der Waals surface area contributed by atoms with E-state index in [2.05, 4.69) is 46.6 Å². The van der Waals surface area contributed by atoms with Crippen LogP contribution in [0.5, 0.6) is 0 Å². The maximum Gasteiger partial charge on any atom is 0.190 e. The van der Waals surface area contributed by atoms with Gasteiger partial charge in [0.1, 0.15) is 0 Å². The molecular weight excluding hydrogens is 344 g/mol. The summed E-state index contributed by atoms with van der Waals surface area (Å²) in [5, 5.41) is 7.84. The van der Waals surface area contributed by atoms with Crippen molar-refractivity contribution in [1.29, 1.82) is 0 Å². The molecule has 0 aliphatic heterocycles. The normalized spacial score (nSPS) is 12.8. The predicted molar refractivity (Wildman–Crippen MR) is 110 cm³/mol. The molecule has 1 heterocycles. The molecule has 0 bridgehead atoms. The lowest BCUT2D eigenvalue weighted by Gasteiger charge is -2.14. The first-order valence-electron chi connectivity index (χ1n) is 9.27. The Balaban J connectivity index is 1.57. The largest absolute Gasteiger partial charge is 0.374 e. The van der Waals surface area contributed by atoms with E-state index in [-0.39, 0.29) is 6.10 Å². The van der Waals surface area contributed by atoms with Gasteiger partial charge in [-0.3, -0.25) is 4.99 Å². The lowest BCUT2D eigenvalue weighted by Crippen LogP contribution is -2.39. The summed E-state index contributed by atoms with van der Waals surface area (Å²) in [6, 6.07) is 10.3. The fourth-order valence-corrected chi connectivity index (χ4v) is 3.36. The Bertz CT molecular complexity index is 657. The van der Waals surface area contributed by atoms with Crippen molar-refractivity contribution in [2.24, 2.45) is 4.99 Å². The number of nitrogens with zero attached hydrogens (tertiary/aromatic N) is 2. The molecule has 0 aliphatic carbocycles. The fourth-order valence-electron chi connectivity index (χ4n) is 2.49. The van der Waals surface area contributed by atoms with Crippen LogP contribution in [0.15, 0.2) is 41.5 Å². The van der Waals surface area contributed by atoms with Crippen LogP contribution < -0.4 is 10.6 Å². The second-order valence-electron chi connectivity index (χ2n) is 6.03. The van der Waals surface area contributed by atoms with Gasteiger partial charge >= 0.3 is 0 Å². The van der Waals surface area contributed by atoms with E-state index in [0.29, 0.717) is 0 Å². The van der Waals surface area contributed by atoms with Crippen LogP contribution in [0.1, 0.15) is 41.8 Å². The standard InChI is InChI=1S/C20H30N4OS/c1-4-18-15-24-19(26-18)11-13-23-20(21-3)22-12-8-14-25-16(2)17-9-6-5-7-10-17/h5-7,9-10,15-16H,4,8,11-14H2,1-3H3,(H2,21,22,23). The topological polar surface area (TPSA) is 58.5 Å². The Hall–Kier alpha value is -1.92. The van der Waals surface area contributed by atoms with E-state index in [1.165, 1.54) is 15.4 Å². The van der Waals surface area contributed by atoms with Crippen molar-refractivity contribution in [3.05, 3.63) is 52.0 Å². The van der Waals surface area contributed by atoms with E-state index in [9.17, 15) is 0 Å². The number of ether oxygens (including phenoxy) is 1. The van der Waals surface area contributed by atoms with E-state index in [1.807, 2.05) is 24.4 Å². The molecule has 2 aromatic rings. The first-order valence-corrected chi connectivity index (χ1v) is 10.1. The number of aromatic nitrogens is 1. The van der Waals surface area contributed by atoms with Gasteiger partial charge in [0.25, 0.3) is 0 Å². The molecule has 142 valence electrons. The highest BCUT2D eigenvalue weighted by Gasteiger charge is 2.05. The van der Waals surface area contributed by atoms with Crippen LogP contribution in [-0.4, -0.2) is 37.7 Å². The van der Waals surface area contributed by atoms with E-state index in [4.69, 9.17) is 4.74 Å². The maximum absolute atomic E-state index is 5.89. The molecular formula is C20H30N4OS. The van der Waals surface area contributed by atoms with Crippen molar-refractivity contribution >= 4 is 17.3 Å². The van der Waals surface area contributed by atoms with E-state index < -0.39 is 0 Å². The molecule has 1 atom stereocenters. The molecule has 1 aromatic heterocycles. The van der Waals surface area contributed by atoms with E-state index in [0.717, 1.165) is 44.9 Å². The van der Waals surface area contributed by atoms with Crippen LogP contribution in [0.4, 0.5) is 0 Å². The van der Waals surface area contributed by atoms with Crippen LogP contribution >= 0.6 is 11.3 Å². The van der Waals surface area contributed by atoms with Crippen molar-refractivity contribution < 1.29 is 4.74 Å². The SMILES string of the molecule is CCc1cnc(CCNC(=NC)NCCCOC(C)c2ccccc2)s1. The summed E-state index contributed by atoms with van der Waals surface area (Å²) >= 11 is 1.79. The van der Waals surface area contributed by atoms with E-state index in [1.54, 1.807) is 18.4 Å². The number of benzene rings is 1. The minimum Gasteiger partial charge on any atom is -0.374 e. The van der Waals surface area contributed by atoms with Gasteiger partial charge in [-0.05, 0) is 25.3 Å². The van der Waals surface area contributed by atoms with Crippen molar-refractivity contribution in [3.63, 3.8) is 0 Å². The average Bonchev–Trinajstić information content (AvgIpc) is 3.14. The van der Waals surface area contributed by atoms with Crippen molar-refractivity contribution in [2.75, 3.05) is 26.7 Å². The van der Waals surface area contributed by atoms with E-state index >= 15 is 0 Å². The fraction of sp³-hybridized carbons (Fsp3) is 0.500. The minimum absolute atomic E-state index is 0.125. The van der Waals surface area contributed by atoms with Crippen LogP contribution in [0, 0.1) is 0 Å². The summed E-state index contributed by atoms with van der Waals surface area (Å²) in [6.07, 6.45) is 5.01. The number of nitrogens with one attached hydrogen (secondary N) is 2. The second-order valence-corrected chi connectivity index (χ2v) is 7.23. The monoisotopic (exact) mass is 374 g/mol. The molecule has 0 amide bonds. The third kappa shape index (κ3) is 7.14. The quantitative estimate of drug-likeness (QED) is 0.379. The third-order valence-corrected chi connectivity index (χ3v) is 5.26. The van der Waals surface area contributed by atoms with Crippen molar-refractivity contribution in [1.82, 2.24) is 15.6 Å². The summed E-state index contributed by atoms with van der Waals surface area (Å²) < 4.78 is 5.89. The zero-order valence-corrected chi connectivity index (χ0v) is 16.8. The van der Waals surface area contributed by atoms with Crippen LogP contribution in [0.2, 0.25) is 0 Å². The van der Waals surface area contributed by atoms with Crippen molar-refractivity contribution in [3.8, 4) is 0 Å². The van der Waals surface area contributed by atoms with Gasteiger partial charge in [-0.2, -0.15) is 0 Å². The zero-order valence-electron chi connectivity index (χ0n) is 16.0. The molecule has 0 aliphatic rings.